The first-order valence-electron chi connectivity index (χ1n) is 5.08. The molecule has 0 radical (unpaired) electrons. The molecule has 0 bridgehead atoms. The van der Waals surface area contributed by atoms with Crippen LogP contribution in [0.15, 0.2) is 40.9 Å². The van der Waals surface area contributed by atoms with Crippen molar-refractivity contribution in [3.8, 4) is 5.75 Å². The van der Waals surface area contributed by atoms with Crippen LogP contribution in [0, 0.1) is 17.5 Å². The van der Waals surface area contributed by atoms with Gasteiger partial charge >= 0.3 is 0 Å². The van der Waals surface area contributed by atoms with Crippen molar-refractivity contribution >= 4 is 15.9 Å². The minimum atomic E-state index is -0.770. The average molecular weight is 317 g/mol. The van der Waals surface area contributed by atoms with Gasteiger partial charge in [-0.1, -0.05) is 22.0 Å². The molecule has 2 aromatic carbocycles. The summed E-state index contributed by atoms with van der Waals surface area (Å²) in [6.45, 7) is 0.0589. The molecule has 0 N–H and O–H groups in total. The van der Waals surface area contributed by atoms with Crippen LogP contribution >= 0.6 is 15.9 Å². The third-order valence-electron chi connectivity index (χ3n) is 2.29. The summed E-state index contributed by atoms with van der Waals surface area (Å²) in [4.78, 5) is 0. The lowest BCUT2D eigenvalue weighted by Crippen LogP contribution is -1.99. The lowest BCUT2D eigenvalue weighted by atomic mass is 10.2. The predicted molar refractivity (Wildman–Crippen MR) is 64.8 cm³/mol. The highest BCUT2D eigenvalue weighted by Crippen LogP contribution is 2.22. The van der Waals surface area contributed by atoms with Gasteiger partial charge in [0.25, 0.3) is 0 Å². The Morgan fingerprint density at radius 3 is 2.28 bits per heavy atom. The van der Waals surface area contributed by atoms with E-state index in [0.717, 1.165) is 12.1 Å². The van der Waals surface area contributed by atoms with Crippen LogP contribution < -0.4 is 4.74 Å². The molecular formula is C13H8BrF3O. The zero-order valence-electron chi connectivity index (χ0n) is 9.09. The third-order valence-corrected chi connectivity index (χ3v) is 3.03. The molecule has 0 atom stereocenters. The fourth-order valence-corrected chi connectivity index (χ4v) is 1.85. The van der Waals surface area contributed by atoms with Crippen molar-refractivity contribution in [2.24, 2.45) is 0 Å². The van der Waals surface area contributed by atoms with E-state index in [9.17, 15) is 13.2 Å². The van der Waals surface area contributed by atoms with Gasteiger partial charge in [0.05, 0.1) is 0 Å². The smallest absolute Gasteiger partial charge is 0.167 e. The topological polar surface area (TPSA) is 9.23 Å². The van der Waals surface area contributed by atoms with Crippen molar-refractivity contribution in [1.82, 2.24) is 0 Å². The van der Waals surface area contributed by atoms with Gasteiger partial charge < -0.3 is 4.74 Å². The number of ether oxygens (including phenoxy) is 1. The van der Waals surface area contributed by atoms with Crippen molar-refractivity contribution in [2.45, 2.75) is 6.61 Å². The van der Waals surface area contributed by atoms with Gasteiger partial charge in [-0.15, -0.1) is 0 Å². The molecule has 0 aliphatic carbocycles. The Bertz CT molecular complexity index is 521. The Hall–Kier alpha value is -1.49. The average Bonchev–Trinajstić information content (AvgIpc) is 2.30. The summed E-state index contributed by atoms with van der Waals surface area (Å²) in [7, 11) is 0. The first-order valence-corrected chi connectivity index (χ1v) is 5.87. The summed E-state index contributed by atoms with van der Waals surface area (Å²) in [6.07, 6.45) is 0. The number of benzene rings is 2. The Labute approximate surface area is 110 Å². The summed E-state index contributed by atoms with van der Waals surface area (Å²) in [5, 5.41) is 0. The normalized spacial score (nSPS) is 10.4. The van der Waals surface area contributed by atoms with Crippen molar-refractivity contribution in [3.63, 3.8) is 0 Å². The lowest BCUT2D eigenvalue weighted by molar-refractivity contribution is 0.288. The van der Waals surface area contributed by atoms with E-state index in [1.54, 1.807) is 0 Å². The molecule has 0 aliphatic heterocycles. The van der Waals surface area contributed by atoms with Crippen molar-refractivity contribution < 1.29 is 17.9 Å². The maximum atomic E-state index is 13.3. The molecule has 0 amide bonds. The van der Waals surface area contributed by atoms with Crippen molar-refractivity contribution in [3.05, 3.63) is 63.9 Å². The van der Waals surface area contributed by atoms with Crippen LogP contribution in [-0.2, 0) is 6.61 Å². The minimum absolute atomic E-state index is 0.0485. The molecule has 1 nitrogen and oxygen atoms in total. The summed E-state index contributed by atoms with van der Waals surface area (Å²) < 4.78 is 44.5. The van der Waals surface area contributed by atoms with Gasteiger partial charge in [0.15, 0.2) is 11.6 Å². The van der Waals surface area contributed by atoms with E-state index in [0.29, 0.717) is 10.0 Å². The van der Waals surface area contributed by atoms with Crippen LogP contribution in [0.25, 0.3) is 0 Å². The lowest BCUT2D eigenvalue weighted by Gasteiger charge is -2.08. The van der Waals surface area contributed by atoms with Gasteiger partial charge in [-0.2, -0.15) is 0 Å². The van der Waals surface area contributed by atoms with Crippen LogP contribution in [0.5, 0.6) is 5.75 Å². The zero-order chi connectivity index (χ0) is 13.1. The van der Waals surface area contributed by atoms with E-state index in [1.807, 2.05) is 0 Å². The molecular weight excluding hydrogens is 309 g/mol. The molecule has 0 unspecified atom stereocenters. The summed E-state index contributed by atoms with van der Waals surface area (Å²) >= 11 is 3.18. The fraction of sp³-hybridized carbons (Fsp3) is 0.0769. The molecule has 2 rings (SSSR count). The van der Waals surface area contributed by atoms with Gasteiger partial charge in [0.1, 0.15) is 18.2 Å². The molecule has 18 heavy (non-hydrogen) atoms. The van der Waals surface area contributed by atoms with Gasteiger partial charge in [-0.25, -0.2) is 13.2 Å². The Morgan fingerprint density at radius 1 is 0.944 bits per heavy atom. The molecule has 0 fully saturated rings. The zero-order valence-corrected chi connectivity index (χ0v) is 10.7. The summed E-state index contributed by atoms with van der Waals surface area (Å²) in [6, 6.07) is 7.17. The van der Waals surface area contributed by atoms with Crippen LogP contribution in [-0.4, -0.2) is 0 Å². The number of rotatable bonds is 3. The first-order chi connectivity index (χ1) is 8.56. The highest BCUT2D eigenvalue weighted by Gasteiger charge is 2.07. The van der Waals surface area contributed by atoms with Crippen LogP contribution in [0.3, 0.4) is 0 Å². The number of hydrogen-bond acceptors (Lipinski definition) is 1. The van der Waals surface area contributed by atoms with E-state index in [4.69, 9.17) is 4.74 Å². The van der Waals surface area contributed by atoms with Crippen LogP contribution in [0.2, 0.25) is 0 Å². The molecule has 0 spiro atoms. The molecule has 5 heteroatoms. The highest BCUT2D eigenvalue weighted by atomic mass is 79.9. The van der Waals surface area contributed by atoms with Gasteiger partial charge in [-0.3, -0.25) is 0 Å². The first kappa shape index (κ1) is 13.0. The second-order valence-corrected chi connectivity index (χ2v) is 4.45. The molecule has 0 aliphatic rings. The molecule has 0 saturated carbocycles. The second-order valence-electron chi connectivity index (χ2n) is 3.60. The molecule has 0 aromatic heterocycles. The maximum absolute atomic E-state index is 13.3. The summed E-state index contributed by atoms with van der Waals surface area (Å²) in [5.41, 5.74) is 0.667. The Morgan fingerprint density at radius 2 is 1.61 bits per heavy atom. The fourth-order valence-electron chi connectivity index (χ4n) is 1.39. The van der Waals surface area contributed by atoms with Crippen LogP contribution in [0.4, 0.5) is 13.2 Å². The second kappa shape index (κ2) is 5.44. The van der Waals surface area contributed by atoms with E-state index >= 15 is 0 Å². The van der Waals surface area contributed by atoms with Crippen molar-refractivity contribution in [1.29, 1.82) is 0 Å². The predicted octanol–water partition coefficient (Wildman–Crippen LogP) is 4.45. The van der Waals surface area contributed by atoms with E-state index in [1.165, 1.54) is 24.3 Å². The van der Waals surface area contributed by atoms with E-state index in [2.05, 4.69) is 15.9 Å². The molecule has 0 heterocycles. The monoisotopic (exact) mass is 316 g/mol. The Balaban J connectivity index is 2.11. The summed E-state index contributed by atoms with van der Waals surface area (Å²) in [5.74, 6) is -1.86. The number of halogens is 4. The van der Waals surface area contributed by atoms with Crippen LogP contribution in [0.1, 0.15) is 5.56 Å². The van der Waals surface area contributed by atoms with Gasteiger partial charge in [-0.05, 0) is 24.3 Å². The SMILES string of the molecule is Fc1ccc(OCc2ccc(F)cc2Br)c(F)c1. The van der Waals surface area contributed by atoms with Gasteiger partial charge in [0.2, 0.25) is 0 Å². The standard InChI is InChI=1S/C13H8BrF3O/c14-11-5-9(15)2-1-8(11)7-18-13-4-3-10(16)6-12(13)17/h1-6H,7H2. The molecule has 2 aromatic rings. The maximum Gasteiger partial charge on any atom is 0.167 e. The molecule has 94 valence electrons. The number of hydrogen-bond donors (Lipinski definition) is 0. The van der Waals surface area contributed by atoms with Gasteiger partial charge in [0, 0.05) is 16.1 Å². The van der Waals surface area contributed by atoms with E-state index in [-0.39, 0.29) is 18.2 Å². The molecule has 0 saturated heterocycles. The highest BCUT2D eigenvalue weighted by molar-refractivity contribution is 9.10. The third kappa shape index (κ3) is 3.04. The van der Waals surface area contributed by atoms with Crippen molar-refractivity contribution in [2.75, 3.05) is 0 Å². The minimum Gasteiger partial charge on any atom is -0.486 e. The Kier molecular flexibility index (Phi) is 3.91. The van der Waals surface area contributed by atoms with E-state index < -0.39 is 11.6 Å². The largest absolute Gasteiger partial charge is 0.486 e. The quantitative estimate of drug-likeness (QED) is 0.813.